The predicted molar refractivity (Wildman–Crippen MR) is 164 cm³/mol. The van der Waals surface area contributed by atoms with E-state index in [0.29, 0.717) is 11.2 Å². The number of carbonyl (C=O) groups is 2. The van der Waals surface area contributed by atoms with E-state index in [9.17, 15) is 14.2 Å². The molecule has 1 saturated heterocycles. The van der Waals surface area contributed by atoms with E-state index in [2.05, 4.69) is 15.0 Å². The highest BCUT2D eigenvalue weighted by atomic mass is 32.1. The maximum atomic E-state index is 14.3. The van der Waals surface area contributed by atoms with Gasteiger partial charge in [0.15, 0.2) is 23.1 Å². The third-order valence-electron chi connectivity index (χ3n) is 6.76. The van der Waals surface area contributed by atoms with Crippen molar-refractivity contribution in [3.63, 3.8) is 0 Å². The van der Waals surface area contributed by atoms with Gasteiger partial charge in [-0.1, -0.05) is 24.4 Å². The van der Waals surface area contributed by atoms with E-state index >= 15 is 0 Å². The molecule has 4 aromatic rings. The predicted octanol–water partition coefficient (Wildman–Crippen LogP) is 5.77. The van der Waals surface area contributed by atoms with E-state index in [1.807, 2.05) is 39.8 Å². The van der Waals surface area contributed by atoms with Crippen LogP contribution in [0.25, 0.3) is 11.2 Å². The van der Waals surface area contributed by atoms with Crippen molar-refractivity contribution < 1.29 is 41.9 Å². The normalized spacial score (nSPS) is 19.8. The number of hydrogen-bond donors (Lipinski definition) is 1. The standard InChI is InChI=1S/C30H33N4O9PS/c1-16-7-17(2)10-22(9-16)42-44(37,43-23-11-18(3)8-19(4)12-23)38-13-24-26(39-20(5)35)27(40-21(6)36)30(41-24)34-15-33-25-28(34)31-14-32-29(25)45/h7-12,14-15,24,26-27,30H,13H2,1-6H3,(H,31,32,45). The van der Waals surface area contributed by atoms with Gasteiger partial charge in [-0.3, -0.25) is 18.7 Å². The number of phosphoric ester groups is 1. The van der Waals surface area contributed by atoms with Gasteiger partial charge in [0, 0.05) is 13.8 Å². The van der Waals surface area contributed by atoms with Gasteiger partial charge in [-0.15, -0.1) is 0 Å². The zero-order valence-corrected chi connectivity index (χ0v) is 27.2. The first-order chi connectivity index (χ1) is 21.3. The van der Waals surface area contributed by atoms with Crippen LogP contribution in [0.4, 0.5) is 0 Å². The molecular formula is C30H33N4O9PS. The molecule has 4 unspecified atom stereocenters. The van der Waals surface area contributed by atoms with Gasteiger partial charge in [-0.2, -0.15) is 0 Å². The monoisotopic (exact) mass is 656 g/mol. The van der Waals surface area contributed by atoms with Gasteiger partial charge in [0.05, 0.1) is 19.3 Å². The summed E-state index contributed by atoms with van der Waals surface area (Å²) in [6, 6.07) is 10.7. The van der Waals surface area contributed by atoms with Crippen LogP contribution in [0.2, 0.25) is 0 Å². The highest BCUT2D eigenvalue weighted by Crippen LogP contribution is 2.51. The van der Waals surface area contributed by atoms with Gasteiger partial charge < -0.3 is 28.2 Å². The third kappa shape index (κ3) is 7.59. The highest BCUT2D eigenvalue weighted by molar-refractivity contribution is 7.71. The Morgan fingerprint density at radius 1 is 0.889 bits per heavy atom. The lowest BCUT2D eigenvalue weighted by molar-refractivity contribution is -0.165. The van der Waals surface area contributed by atoms with Gasteiger partial charge in [-0.05, 0) is 74.2 Å². The van der Waals surface area contributed by atoms with E-state index in [4.69, 9.17) is 40.0 Å². The van der Waals surface area contributed by atoms with Crippen LogP contribution in [0.1, 0.15) is 42.3 Å². The number of ether oxygens (including phenoxy) is 3. The average molecular weight is 657 g/mol. The number of H-pyrrole nitrogens is 1. The molecule has 0 saturated carbocycles. The van der Waals surface area contributed by atoms with Crippen LogP contribution in [-0.4, -0.2) is 56.4 Å². The van der Waals surface area contributed by atoms with Gasteiger partial charge in [-0.25, -0.2) is 14.5 Å². The number of fused-ring (bicyclic) bond motifs is 1. The number of nitrogens with one attached hydrogen (secondary N) is 1. The molecule has 1 aliphatic rings. The molecule has 0 bridgehead atoms. The van der Waals surface area contributed by atoms with Crippen molar-refractivity contribution in [1.82, 2.24) is 19.5 Å². The number of esters is 2. The van der Waals surface area contributed by atoms with E-state index in [-0.39, 0.29) is 16.1 Å². The lowest BCUT2D eigenvalue weighted by Gasteiger charge is -2.25. The Hall–Kier alpha value is -4.10. The topological polar surface area (TPSA) is 153 Å². The molecule has 1 aliphatic heterocycles. The molecule has 1 N–H and O–H groups in total. The fourth-order valence-corrected chi connectivity index (χ4v) is 6.65. The number of carbonyl (C=O) groups excluding carboxylic acids is 2. The van der Waals surface area contributed by atoms with Gasteiger partial charge in [0.25, 0.3) is 0 Å². The second-order valence-corrected chi connectivity index (χ2v) is 12.7. The molecule has 45 heavy (non-hydrogen) atoms. The molecule has 238 valence electrons. The zero-order valence-electron chi connectivity index (χ0n) is 25.5. The molecule has 3 heterocycles. The Labute approximate surface area is 264 Å². The van der Waals surface area contributed by atoms with Crippen LogP contribution in [0.3, 0.4) is 0 Å². The second-order valence-electron chi connectivity index (χ2n) is 10.8. The molecule has 4 atom stereocenters. The number of aromatic nitrogens is 4. The van der Waals surface area contributed by atoms with Crippen LogP contribution in [-0.2, 0) is 32.9 Å². The summed E-state index contributed by atoms with van der Waals surface area (Å²) >= 11 is 5.28. The average Bonchev–Trinajstić information content (AvgIpc) is 3.48. The van der Waals surface area contributed by atoms with Crippen molar-refractivity contribution >= 4 is 43.1 Å². The number of imidazole rings is 1. The van der Waals surface area contributed by atoms with Crippen molar-refractivity contribution in [2.75, 3.05) is 6.61 Å². The number of aromatic amines is 1. The minimum atomic E-state index is -4.40. The van der Waals surface area contributed by atoms with Crippen molar-refractivity contribution in [3.8, 4) is 11.5 Å². The maximum Gasteiger partial charge on any atom is 0.587 e. The Balaban J connectivity index is 1.49. The Kier molecular flexibility index (Phi) is 9.40. The largest absolute Gasteiger partial charge is 0.587 e. The van der Waals surface area contributed by atoms with Crippen LogP contribution in [0.15, 0.2) is 49.1 Å². The third-order valence-corrected chi connectivity index (χ3v) is 8.40. The second kappa shape index (κ2) is 13.1. The molecule has 0 amide bonds. The first-order valence-electron chi connectivity index (χ1n) is 14.0. The smallest absolute Gasteiger partial charge is 0.456 e. The SMILES string of the molecule is CC(=O)OC1C(COP(=O)(Oc2cc(C)cc(C)c2)Oc2cc(C)cc(C)c2)OC(n2cnc3c(=S)nc[nH]c32)C1OC(C)=O. The van der Waals surface area contributed by atoms with Crippen molar-refractivity contribution in [2.24, 2.45) is 0 Å². The zero-order chi connectivity index (χ0) is 32.5. The molecule has 0 spiro atoms. The molecular weight excluding hydrogens is 623 g/mol. The van der Waals surface area contributed by atoms with Gasteiger partial charge in [0.1, 0.15) is 28.8 Å². The van der Waals surface area contributed by atoms with Gasteiger partial charge in [0.2, 0.25) is 0 Å². The lowest BCUT2D eigenvalue weighted by atomic mass is 10.1. The lowest BCUT2D eigenvalue weighted by Crippen LogP contribution is -2.40. The number of nitrogens with zero attached hydrogens (tertiary/aromatic N) is 3. The minimum Gasteiger partial charge on any atom is -0.456 e. The summed E-state index contributed by atoms with van der Waals surface area (Å²) in [4.78, 5) is 35.8. The first kappa shape index (κ1) is 32.3. The number of aryl methyl sites for hydroxylation is 4. The van der Waals surface area contributed by atoms with E-state index < -0.39 is 50.9 Å². The number of rotatable bonds is 10. The molecule has 0 aliphatic carbocycles. The number of hydrogen-bond acceptors (Lipinski definition) is 12. The summed E-state index contributed by atoms with van der Waals surface area (Å²) < 4.78 is 51.3. The first-order valence-corrected chi connectivity index (χ1v) is 15.9. The molecule has 15 heteroatoms. The summed E-state index contributed by atoms with van der Waals surface area (Å²) in [6.07, 6.45) is -1.63. The molecule has 5 rings (SSSR count). The van der Waals surface area contributed by atoms with Crippen LogP contribution < -0.4 is 9.05 Å². The Morgan fingerprint density at radius 3 is 1.96 bits per heavy atom. The fraction of sp³-hybridized carbons (Fsp3) is 0.367. The Morgan fingerprint density at radius 2 is 1.42 bits per heavy atom. The van der Waals surface area contributed by atoms with Crippen molar-refractivity contribution in [2.45, 2.75) is 66.1 Å². The number of benzene rings is 2. The summed E-state index contributed by atoms with van der Waals surface area (Å²) in [5.74, 6) is -0.762. The van der Waals surface area contributed by atoms with Crippen LogP contribution >= 0.6 is 20.0 Å². The molecule has 0 radical (unpaired) electrons. The Bertz CT molecular complexity index is 1760. The quantitative estimate of drug-likeness (QED) is 0.125. The molecule has 2 aromatic heterocycles. The van der Waals surface area contributed by atoms with Crippen molar-refractivity contribution in [3.05, 3.63) is 75.9 Å². The molecule has 1 fully saturated rings. The summed E-state index contributed by atoms with van der Waals surface area (Å²) in [5.41, 5.74) is 4.34. The summed E-state index contributed by atoms with van der Waals surface area (Å²) in [5, 5.41) is 0. The molecule has 13 nitrogen and oxygen atoms in total. The van der Waals surface area contributed by atoms with E-state index in [0.717, 1.165) is 22.3 Å². The summed E-state index contributed by atoms with van der Waals surface area (Å²) in [6.45, 7) is 9.51. The highest BCUT2D eigenvalue weighted by Gasteiger charge is 2.51. The molecule has 2 aromatic carbocycles. The maximum absolute atomic E-state index is 14.3. The van der Waals surface area contributed by atoms with Gasteiger partial charge >= 0.3 is 19.8 Å². The summed E-state index contributed by atoms with van der Waals surface area (Å²) in [7, 11) is -4.40. The minimum absolute atomic E-state index is 0.244. The fourth-order valence-electron chi connectivity index (χ4n) is 5.25. The van der Waals surface area contributed by atoms with E-state index in [1.165, 1.54) is 26.5 Å². The number of phosphoric acid groups is 1. The van der Waals surface area contributed by atoms with Crippen molar-refractivity contribution in [1.29, 1.82) is 0 Å². The van der Waals surface area contributed by atoms with Crippen LogP contribution in [0.5, 0.6) is 11.5 Å². The van der Waals surface area contributed by atoms with E-state index in [1.54, 1.807) is 28.8 Å². The van der Waals surface area contributed by atoms with Crippen LogP contribution in [0, 0.1) is 32.3 Å².